The lowest BCUT2D eigenvalue weighted by molar-refractivity contribution is -0.140. The van der Waals surface area contributed by atoms with Crippen LogP contribution in [0.5, 0.6) is 0 Å². The summed E-state index contributed by atoms with van der Waals surface area (Å²) in [5.74, 6) is 0.297. The van der Waals surface area contributed by atoms with Crippen LogP contribution in [0.25, 0.3) is 0 Å². The van der Waals surface area contributed by atoms with Gasteiger partial charge in [-0.1, -0.05) is 72.3 Å². The first-order valence-corrected chi connectivity index (χ1v) is 15.2. The third-order valence-corrected chi connectivity index (χ3v) is 8.06. The maximum Gasteiger partial charge on any atom is 0.293 e. The molecule has 2 aliphatic rings. The van der Waals surface area contributed by atoms with Crippen molar-refractivity contribution in [2.75, 3.05) is 6.61 Å². The van der Waals surface area contributed by atoms with Crippen LogP contribution in [0.2, 0.25) is 0 Å². The van der Waals surface area contributed by atoms with Crippen LogP contribution < -0.4 is 0 Å². The Balaban J connectivity index is 1.93. The molecule has 0 amide bonds. The molecule has 0 fully saturated rings. The molecule has 0 unspecified atom stereocenters. The summed E-state index contributed by atoms with van der Waals surface area (Å²) >= 11 is 0. The number of rotatable bonds is 17. The van der Waals surface area contributed by atoms with Crippen molar-refractivity contribution in [3.8, 4) is 0 Å². The number of unbranched alkanes of at least 4 members (excludes halogenated alkanes) is 2. The molecule has 2 aliphatic carbocycles. The summed E-state index contributed by atoms with van der Waals surface area (Å²) in [5, 5.41) is 9.50. The summed E-state index contributed by atoms with van der Waals surface area (Å²) in [6, 6.07) is 0. The molecular formula is C35H54O5. The second kappa shape index (κ2) is 14.1. The van der Waals surface area contributed by atoms with E-state index < -0.39 is 5.60 Å². The standard InChI is InChI=1S/C35H54O5/c1-32(2,24-36)18-11-9-14-26-20-33(3,4)22-28(30(26)38)16-13-17-29-23-34(5,6)21-27(31(29)39)15-10-12-19-35(7,8)40-25-37/h20-23,25,36H,9-19,24H2,1-8H3. The first-order chi connectivity index (χ1) is 18.5. The van der Waals surface area contributed by atoms with Crippen LogP contribution in [0.15, 0.2) is 46.6 Å². The minimum Gasteiger partial charge on any atom is -0.462 e. The van der Waals surface area contributed by atoms with Crippen LogP contribution >= 0.6 is 0 Å². The normalized spacial score (nSPS) is 19.0. The fourth-order valence-corrected chi connectivity index (χ4v) is 5.82. The van der Waals surface area contributed by atoms with Gasteiger partial charge in [0.15, 0.2) is 11.6 Å². The van der Waals surface area contributed by atoms with Gasteiger partial charge in [-0.2, -0.15) is 0 Å². The maximum atomic E-state index is 13.3. The average Bonchev–Trinajstić information content (AvgIpc) is 2.84. The molecule has 40 heavy (non-hydrogen) atoms. The predicted octanol–water partition coefficient (Wildman–Crippen LogP) is 8.17. The fraction of sp³-hybridized carbons (Fsp3) is 0.686. The van der Waals surface area contributed by atoms with Crippen molar-refractivity contribution in [2.45, 2.75) is 132 Å². The number of aliphatic hydroxyl groups excluding tert-OH is 1. The molecule has 224 valence electrons. The largest absolute Gasteiger partial charge is 0.462 e. The molecule has 0 spiro atoms. The molecule has 0 bridgehead atoms. The number of ketones is 2. The average molecular weight is 555 g/mol. The smallest absolute Gasteiger partial charge is 0.293 e. The highest BCUT2D eigenvalue weighted by atomic mass is 16.5. The number of allylic oxidation sites excluding steroid dienone is 8. The quantitative estimate of drug-likeness (QED) is 0.145. The number of ether oxygens (including phenoxy) is 1. The Hall–Kier alpha value is -2.27. The van der Waals surface area contributed by atoms with Crippen molar-refractivity contribution in [2.24, 2.45) is 16.2 Å². The number of aliphatic hydroxyl groups is 1. The SMILES string of the molecule is CC1(C)C=C(CCCCC(C)(C)CO)C(=O)C(CCCC2=CC(C)(C)C=C(CCCCC(C)(C)OC=O)C2=O)=C1. The third kappa shape index (κ3) is 11.0. The summed E-state index contributed by atoms with van der Waals surface area (Å²) in [6.07, 6.45) is 17.4. The van der Waals surface area contributed by atoms with E-state index in [0.29, 0.717) is 19.3 Å². The van der Waals surface area contributed by atoms with E-state index in [1.165, 1.54) is 0 Å². The summed E-state index contributed by atoms with van der Waals surface area (Å²) in [4.78, 5) is 37.3. The Kier molecular flexibility index (Phi) is 11.9. The predicted molar refractivity (Wildman–Crippen MR) is 163 cm³/mol. The highest BCUT2D eigenvalue weighted by Crippen LogP contribution is 2.37. The summed E-state index contributed by atoms with van der Waals surface area (Å²) < 4.78 is 5.14. The molecule has 0 saturated carbocycles. The van der Waals surface area contributed by atoms with E-state index in [4.69, 9.17) is 4.74 Å². The van der Waals surface area contributed by atoms with Gasteiger partial charge >= 0.3 is 0 Å². The van der Waals surface area contributed by atoms with Crippen molar-refractivity contribution < 1.29 is 24.2 Å². The number of hydrogen-bond acceptors (Lipinski definition) is 5. The molecule has 0 atom stereocenters. The molecule has 0 aromatic carbocycles. The fourth-order valence-electron chi connectivity index (χ4n) is 5.82. The molecule has 1 N–H and O–H groups in total. The molecule has 5 heteroatoms. The minimum atomic E-state index is -0.483. The zero-order valence-electron chi connectivity index (χ0n) is 26.5. The van der Waals surface area contributed by atoms with Crippen LogP contribution in [-0.4, -0.2) is 35.4 Å². The number of Topliss-reactive ketones (excluding diaryl/α,β-unsaturated/α-hetero) is 2. The van der Waals surface area contributed by atoms with Gasteiger partial charge in [0.1, 0.15) is 5.60 Å². The summed E-state index contributed by atoms with van der Waals surface area (Å²) in [6.45, 7) is 17.2. The zero-order valence-corrected chi connectivity index (χ0v) is 26.5. The van der Waals surface area contributed by atoms with Crippen molar-refractivity contribution in [3.05, 3.63) is 46.6 Å². The van der Waals surface area contributed by atoms with E-state index in [1.54, 1.807) is 0 Å². The lowest BCUT2D eigenvalue weighted by Gasteiger charge is -2.27. The Bertz CT molecular complexity index is 1050. The first kappa shape index (κ1) is 33.9. The van der Waals surface area contributed by atoms with Gasteiger partial charge in [0.2, 0.25) is 0 Å². The molecule has 0 saturated heterocycles. The zero-order chi connectivity index (χ0) is 30.2. The van der Waals surface area contributed by atoms with E-state index in [9.17, 15) is 19.5 Å². The van der Waals surface area contributed by atoms with Gasteiger partial charge in [0.05, 0.1) is 0 Å². The highest BCUT2D eigenvalue weighted by molar-refractivity contribution is 6.10. The lowest BCUT2D eigenvalue weighted by Crippen LogP contribution is -2.23. The van der Waals surface area contributed by atoms with Crippen LogP contribution in [0.3, 0.4) is 0 Å². The van der Waals surface area contributed by atoms with E-state index in [1.807, 2.05) is 13.8 Å². The first-order valence-electron chi connectivity index (χ1n) is 15.2. The molecule has 0 aliphatic heterocycles. The van der Waals surface area contributed by atoms with Crippen LogP contribution in [0.1, 0.15) is 126 Å². The summed E-state index contributed by atoms with van der Waals surface area (Å²) in [7, 11) is 0. The molecule has 0 radical (unpaired) electrons. The van der Waals surface area contributed by atoms with E-state index >= 15 is 0 Å². The third-order valence-electron chi connectivity index (χ3n) is 8.06. The second-order valence-electron chi connectivity index (χ2n) is 14.5. The van der Waals surface area contributed by atoms with E-state index in [2.05, 4.69) is 65.8 Å². The Morgan fingerprint density at radius 2 is 1.05 bits per heavy atom. The number of carbonyl (C=O) groups is 3. The molecule has 5 nitrogen and oxygen atoms in total. The van der Waals surface area contributed by atoms with Gasteiger partial charge in [-0.25, -0.2) is 0 Å². The molecular weight excluding hydrogens is 500 g/mol. The molecule has 0 aromatic heterocycles. The van der Waals surface area contributed by atoms with Crippen molar-refractivity contribution >= 4 is 18.0 Å². The molecule has 0 aromatic rings. The van der Waals surface area contributed by atoms with Crippen LogP contribution in [0.4, 0.5) is 0 Å². The van der Waals surface area contributed by atoms with Gasteiger partial charge in [0.25, 0.3) is 6.47 Å². The van der Waals surface area contributed by atoms with Crippen LogP contribution in [0, 0.1) is 16.2 Å². The second-order valence-corrected chi connectivity index (χ2v) is 14.5. The van der Waals surface area contributed by atoms with Crippen LogP contribution in [-0.2, 0) is 19.1 Å². The Morgan fingerprint density at radius 1 is 0.675 bits per heavy atom. The Morgan fingerprint density at radius 3 is 1.43 bits per heavy atom. The minimum absolute atomic E-state index is 0.0763. The highest BCUT2D eigenvalue weighted by Gasteiger charge is 2.29. The van der Waals surface area contributed by atoms with Crippen molar-refractivity contribution in [1.82, 2.24) is 0 Å². The monoisotopic (exact) mass is 554 g/mol. The van der Waals surface area contributed by atoms with Gasteiger partial charge in [-0.05, 0) is 106 Å². The maximum absolute atomic E-state index is 13.3. The summed E-state index contributed by atoms with van der Waals surface area (Å²) in [5.41, 5.74) is 2.61. The topological polar surface area (TPSA) is 80.7 Å². The van der Waals surface area contributed by atoms with Gasteiger partial charge < -0.3 is 9.84 Å². The van der Waals surface area contributed by atoms with Gasteiger partial charge in [-0.3, -0.25) is 14.4 Å². The molecule has 2 rings (SSSR count). The number of carbonyl (C=O) groups excluding carboxylic acids is 3. The van der Waals surface area contributed by atoms with Crippen molar-refractivity contribution in [1.29, 1.82) is 0 Å². The van der Waals surface area contributed by atoms with Gasteiger partial charge in [0, 0.05) is 17.4 Å². The van der Waals surface area contributed by atoms with E-state index in [0.717, 1.165) is 80.1 Å². The Labute approximate surface area is 243 Å². The van der Waals surface area contributed by atoms with E-state index in [-0.39, 0.29) is 34.4 Å². The molecule has 0 heterocycles. The number of hydrogen-bond donors (Lipinski definition) is 1. The van der Waals surface area contributed by atoms with Gasteiger partial charge in [-0.15, -0.1) is 0 Å². The van der Waals surface area contributed by atoms with Crippen molar-refractivity contribution in [3.63, 3.8) is 0 Å². The lowest BCUT2D eigenvalue weighted by atomic mass is 9.76.